The van der Waals surface area contributed by atoms with Gasteiger partial charge < -0.3 is 29.9 Å². The lowest BCUT2D eigenvalue weighted by molar-refractivity contribution is -0.134. The molecule has 158 valence electrons. The van der Waals surface area contributed by atoms with E-state index in [4.69, 9.17) is 19.7 Å². The summed E-state index contributed by atoms with van der Waals surface area (Å²) in [6.45, 7) is 5.38. The van der Waals surface area contributed by atoms with Crippen molar-refractivity contribution in [2.24, 2.45) is 0 Å². The van der Waals surface area contributed by atoms with Crippen LogP contribution in [0.2, 0.25) is 0 Å². The van der Waals surface area contributed by atoms with Gasteiger partial charge in [-0.2, -0.15) is 0 Å². The molecule has 0 bridgehead atoms. The van der Waals surface area contributed by atoms with Gasteiger partial charge in [0.1, 0.15) is 5.75 Å². The van der Waals surface area contributed by atoms with Crippen molar-refractivity contribution >= 4 is 23.5 Å². The highest BCUT2D eigenvalue weighted by Crippen LogP contribution is 2.37. The molecule has 2 aliphatic heterocycles. The highest BCUT2D eigenvalue weighted by molar-refractivity contribution is 5.98. The summed E-state index contributed by atoms with van der Waals surface area (Å²) in [5.41, 5.74) is 3.53. The Kier molecular flexibility index (Phi) is 8.17. The normalized spacial score (nSPS) is 18.1. The molecule has 0 fully saturated rings. The van der Waals surface area contributed by atoms with E-state index in [9.17, 15) is 14.4 Å². The molecule has 1 aromatic rings. The number of carboxylic acid groups (broad SMARTS) is 2. The van der Waals surface area contributed by atoms with Gasteiger partial charge in [-0.1, -0.05) is 6.92 Å². The molecule has 0 saturated heterocycles. The number of rotatable bonds is 5. The first-order chi connectivity index (χ1) is 13.8. The van der Waals surface area contributed by atoms with Crippen LogP contribution in [0.25, 0.3) is 0 Å². The van der Waals surface area contributed by atoms with Gasteiger partial charge in [-0.05, 0) is 42.1 Å². The van der Waals surface area contributed by atoms with Crippen molar-refractivity contribution in [3.05, 3.63) is 35.4 Å². The van der Waals surface area contributed by atoms with E-state index in [0.29, 0.717) is 31.2 Å². The largest absolute Gasteiger partial charge is 0.482 e. The van der Waals surface area contributed by atoms with E-state index in [1.165, 1.54) is 11.1 Å². The molecule has 0 radical (unpaired) electrons. The molecule has 2 heterocycles. The number of fused-ring (bicyclic) bond motifs is 2. The number of nitrogens with zero attached hydrogens (tertiary/aromatic N) is 1. The number of carbonyl (C=O) groups excluding carboxylic acids is 1. The fourth-order valence-electron chi connectivity index (χ4n) is 3.20. The minimum atomic E-state index is -1.26. The standard InChI is InChI=1S/C16H22N2O3.C4H4O4/c1-11-9-17-4-3-12-7-15-14(8-13(11)12)18(5-6-20-2)16(19)10-21-15;5-3(6)1-2-4(7)8/h7-8,11,17H,3-6,9-10H2,1-2H3;1-2H,(H,5,6)(H,7,8)/b;2-1+. The Morgan fingerprint density at radius 1 is 1.31 bits per heavy atom. The zero-order valence-electron chi connectivity index (χ0n) is 16.5. The molecular formula is C20H26N2O7. The molecule has 9 nitrogen and oxygen atoms in total. The fourth-order valence-corrected chi connectivity index (χ4v) is 3.20. The predicted octanol–water partition coefficient (Wildman–Crippen LogP) is 1.02. The molecule has 2 aliphatic rings. The molecule has 1 atom stereocenters. The number of methoxy groups -OCH3 is 1. The number of carbonyl (C=O) groups is 3. The van der Waals surface area contributed by atoms with Gasteiger partial charge in [0.15, 0.2) is 6.61 Å². The lowest BCUT2D eigenvalue weighted by Crippen LogP contribution is -2.40. The molecule has 1 amide bonds. The summed E-state index contributed by atoms with van der Waals surface area (Å²) in [6.07, 6.45) is 2.12. The number of hydrogen-bond acceptors (Lipinski definition) is 6. The highest BCUT2D eigenvalue weighted by Gasteiger charge is 2.28. The summed E-state index contributed by atoms with van der Waals surface area (Å²) in [6, 6.07) is 4.25. The molecular weight excluding hydrogens is 380 g/mol. The predicted molar refractivity (Wildman–Crippen MR) is 106 cm³/mol. The zero-order valence-corrected chi connectivity index (χ0v) is 16.5. The Hall–Kier alpha value is -2.91. The van der Waals surface area contributed by atoms with E-state index in [0.717, 1.165) is 30.9 Å². The first-order valence-corrected chi connectivity index (χ1v) is 9.27. The van der Waals surface area contributed by atoms with E-state index in [1.54, 1.807) is 12.0 Å². The molecule has 0 spiro atoms. The van der Waals surface area contributed by atoms with Gasteiger partial charge in [-0.25, -0.2) is 9.59 Å². The Balaban J connectivity index is 0.000000321. The van der Waals surface area contributed by atoms with Crippen LogP contribution < -0.4 is 15.0 Å². The number of anilines is 1. The number of hydrogen-bond donors (Lipinski definition) is 3. The van der Waals surface area contributed by atoms with E-state index < -0.39 is 11.9 Å². The summed E-state index contributed by atoms with van der Waals surface area (Å²) < 4.78 is 10.8. The quantitative estimate of drug-likeness (QED) is 0.619. The lowest BCUT2D eigenvalue weighted by atomic mass is 9.93. The SMILES string of the molecule is COCCN1C(=O)COc2cc3c(cc21)C(C)CNCC3.O=C(O)/C=C/C(=O)O. The second-order valence-electron chi connectivity index (χ2n) is 6.71. The summed E-state index contributed by atoms with van der Waals surface area (Å²) in [4.78, 5) is 33.0. The second-order valence-corrected chi connectivity index (χ2v) is 6.71. The summed E-state index contributed by atoms with van der Waals surface area (Å²) >= 11 is 0. The molecule has 3 rings (SSSR count). The van der Waals surface area contributed by atoms with Crippen molar-refractivity contribution in [1.82, 2.24) is 5.32 Å². The molecule has 0 saturated carbocycles. The van der Waals surface area contributed by atoms with Crippen molar-refractivity contribution in [3.63, 3.8) is 0 Å². The Bertz CT molecular complexity index is 775. The number of ether oxygens (including phenoxy) is 2. The third-order valence-electron chi connectivity index (χ3n) is 4.60. The topological polar surface area (TPSA) is 125 Å². The molecule has 0 aromatic heterocycles. The Morgan fingerprint density at radius 3 is 2.62 bits per heavy atom. The Labute approximate surface area is 168 Å². The van der Waals surface area contributed by atoms with Crippen LogP contribution in [0.4, 0.5) is 5.69 Å². The van der Waals surface area contributed by atoms with E-state index in [-0.39, 0.29) is 12.5 Å². The third-order valence-corrected chi connectivity index (χ3v) is 4.60. The van der Waals surface area contributed by atoms with Gasteiger partial charge in [-0.3, -0.25) is 4.79 Å². The maximum absolute atomic E-state index is 12.1. The van der Waals surface area contributed by atoms with E-state index in [2.05, 4.69) is 24.4 Å². The minimum absolute atomic E-state index is 0.00102. The van der Waals surface area contributed by atoms with Crippen LogP contribution in [0.5, 0.6) is 5.75 Å². The summed E-state index contributed by atoms with van der Waals surface area (Å²) in [7, 11) is 1.65. The van der Waals surface area contributed by atoms with E-state index in [1.807, 2.05) is 0 Å². The summed E-state index contributed by atoms with van der Waals surface area (Å²) in [5, 5.41) is 19.1. The zero-order chi connectivity index (χ0) is 21.4. The van der Waals surface area contributed by atoms with Gasteiger partial charge in [0.2, 0.25) is 0 Å². The first kappa shape index (κ1) is 22.4. The number of aliphatic carboxylic acids is 2. The van der Waals surface area contributed by atoms with Crippen molar-refractivity contribution in [3.8, 4) is 5.75 Å². The van der Waals surface area contributed by atoms with Crippen LogP contribution in [0.3, 0.4) is 0 Å². The van der Waals surface area contributed by atoms with Gasteiger partial charge in [0, 0.05) is 32.4 Å². The molecule has 3 N–H and O–H groups in total. The maximum atomic E-state index is 12.1. The minimum Gasteiger partial charge on any atom is -0.482 e. The number of amides is 1. The number of benzene rings is 1. The lowest BCUT2D eigenvalue weighted by Gasteiger charge is -2.31. The van der Waals surface area contributed by atoms with Crippen LogP contribution in [-0.4, -0.2) is 68.0 Å². The van der Waals surface area contributed by atoms with Gasteiger partial charge in [-0.15, -0.1) is 0 Å². The third kappa shape index (κ3) is 6.30. The average Bonchev–Trinajstić information content (AvgIpc) is 2.86. The van der Waals surface area contributed by atoms with Gasteiger partial charge in [0.05, 0.1) is 12.3 Å². The number of nitrogens with one attached hydrogen (secondary N) is 1. The summed E-state index contributed by atoms with van der Waals surface area (Å²) in [5.74, 6) is -1.26. The van der Waals surface area contributed by atoms with E-state index >= 15 is 0 Å². The van der Waals surface area contributed by atoms with Gasteiger partial charge in [0.25, 0.3) is 5.91 Å². The van der Waals surface area contributed by atoms with Gasteiger partial charge >= 0.3 is 11.9 Å². The molecule has 0 aliphatic carbocycles. The van der Waals surface area contributed by atoms with Crippen LogP contribution in [0.15, 0.2) is 24.3 Å². The van der Waals surface area contributed by atoms with Crippen molar-refractivity contribution in [2.45, 2.75) is 19.3 Å². The van der Waals surface area contributed by atoms with Crippen molar-refractivity contribution < 1.29 is 34.1 Å². The fraction of sp³-hybridized carbons (Fsp3) is 0.450. The van der Waals surface area contributed by atoms with Crippen molar-refractivity contribution in [2.75, 3.05) is 44.9 Å². The number of carboxylic acids is 2. The highest BCUT2D eigenvalue weighted by atomic mass is 16.5. The molecule has 9 heteroatoms. The average molecular weight is 406 g/mol. The molecule has 1 aromatic carbocycles. The monoisotopic (exact) mass is 406 g/mol. The molecule has 29 heavy (non-hydrogen) atoms. The first-order valence-electron chi connectivity index (χ1n) is 9.27. The van der Waals surface area contributed by atoms with Crippen LogP contribution in [0.1, 0.15) is 24.0 Å². The van der Waals surface area contributed by atoms with Crippen LogP contribution >= 0.6 is 0 Å². The van der Waals surface area contributed by atoms with Crippen LogP contribution in [0, 0.1) is 0 Å². The van der Waals surface area contributed by atoms with Crippen LogP contribution in [-0.2, 0) is 25.5 Å². The second kappa shape index (κ2) is 10.6. The van der Waals surface area contributed by atoms with Crippen molar-refractivity contribution in [1.29, 1.82) is 0 Å². The maximum Gasteiger partial charge on any atom is 0.328 e. The smallest absolute Gasteiger partial charge is 0.328 e. The molecule has 1 unspecified atom stereocenters. The Morgan fingerprint density at radius 2 is 2.00 bits per heavy atom.